The Morgan fingerprint density at radius 1 is 1.13 bits per heavy atom. The predicted molar refractivity (Wildman–Crippen MR) is 116 cm³/mol. The number of carbonyl (C=O) groups is 1. The number of benzene rings is 2. The van der Waals surface area contributed by atoms with Crippen molar-refractivity contribution in [3.8, 4) is 5.19 Å². The third kappa shape index (κ3) is 5.49. The molecule has 1 aliphatic heterocycles. The van der Waals surface area contributed by atoms with Gasteiger partial charge in [-0.2, -0.15) is 0 Å². The molecule has 158 valence electrons. The summed E-state index contributed by atoms with van der Waals surface area (Å²) in [7, 11) is 0. The van der Waals surface area contributed by atoms with E-state index in [1.165, 1.54) is 35.6 Å². The van der Waals surface area contributed by atoms with Gasteiger partial charge < -0.3 is 9.64 Å². The number of rotatable bonds is 7. The van der Waals surface area contributed by atoms with Crippen LogP contribution in [0.25, 0.3) is 10.2 Å². The SMILES string of the molecule is O=C(CCCSc1ccc(F)cc1)N1CCC(Oc2nc3ccc(F)cc3s2)CC1. The Morgan fingerprint density at radius 3 is 2.63 bits per heavy atom. The van der Waals surface area contributed by atoms with Crippen LogP contribution in [0.4, 0.5) is 8.78 Å². The normalized spacial score (nSPS) is 14.9. The van der Waals surface area contributed by atoms with Gasteiger partial charge in [0.2, 0.25) is 5.91 Å². The first-order chi connectivity index (χ1) is 14.6. The van der Waals surface area contributed by atoms with Crippen LogP contribution in [0.2, 0.25) is 0 Å². The van der Waals surface area contributed by atoms with Crippen molar-refractivity contribution in [2.45, 2.75) is 36.7 Å². The molecule has 0 aliphatic carbocycles. The summed E-state index contributed by atoms with van der Waals surface area (Å²) in [5.41, 5.74) is 0.738. The molecule has 0 atom stereocenters. The highest BCUT2D eigenvalue weighted by atomic mass is 32.2. The molecule has 0 unspecified atom stereocenters. The summed E-state index contributed by atoms with van der Waals surface area (Å²) < 4.78 is 33.0. The van der Waals surface area contributed by atoms with Gasteiger partial charge in [0.1, 0.15) is 17.7 Å². The summed E-state index contributed by atoms with van der Waals surface area (Å²) >= 11 is 2.98. The number of amides is 1. The molecule has 1 aromatic heterocycles. The van der Waals surface area contributed by atoms with E-state index in [-0.39, 0.29) is 23.6 Å². The van der Waals surface area contributed by atoms with Crippen LogP contribution in [0.15, 0.2) is 47.4 Å². The number of hydrogen-bond acceptors (Lipinski definition) is 5. The van der Waals surface area contributed by atoms with Gasteiger partial charge in [-0.1, -0.05) is 11.3 Å². The van der Waals surface area contributed by atoms with Crippen molar-refractivity contribution in [1.82, 2.24) is 9.88 Å². The molecule has 2 heterocycles. The summed E-state index contributed by atoms with van der Waals surface area (Å²) in [6.07, 6.45) is 2.86. The van der Waals surface area contributed by atoms with Gasteiger partial charge in [0.05, 0.1) is 10.2 Å². The Kier molecular flexibility index (Phi) is 6.84. The van der Waals surface area contributed by atoms with Crippen LogP contribution in [0, 0.1) is 11.6 Å². The van der Waals surface area contributed by atoms with Crippen molar-refractivity contribution in [2.75, 3.05) is 18.8 Å². The van der Waals surface area contributed by atoms with E-state index in [4.69, 9.17) is 4.74 Å². The number of halogens is 2. The fraction of sp³-hybridized carbons (Fsp3) is 0.364. The van der Waals surface area contributed by atoms with Crippen LogP contribution in [-0.4, -0.2) is 40.7 Å². The molecule has 0 N–H and O–H groups in total. The molecule has 0 bridgehead atoms. The van der Waals surface area contributed by atoms with Crippen LogP contribution in [-0.2, 0) is 4.79 Å². The first kappa shape index (κ1) is 21.1. The van der Waals surface area contributed by atoms with Crippen LogP contribution in [0.5, 0.6) is 5.19 Å². The second kappa shape index (κ2) is 9.75. The maximum Gasteiger partial charge on any atom is 0.274 e. The van der Waals surface area contributed by atoms with Crippen molar-refractivity contribution in [1.29, 1.82) is 0 Å². The highest BCUT2D eigenvalue weighted by Crippen LogP contribution is 2.30. The number of carbonyl (C=O) groups excluding carboxylic acids is 1. The Bertz CT molecular complexity index is 1000. The standard InChI is InChI=1S/C22H22F2N2O2S2/c23-15-3-6-18(7-4-15)29-13-1-2-21(27)26-11-9-17(10-12-26)28-22-25-19-8-5-16(24)14-20(19)30-22/h3-8,14,17H,1-2,9-13H2. The van der Waals surface area contributed by atoms with E-state index in [0.29, 0.717) is 24.7 Å². The number of aromatic nitrogens is 1. The molecule has 0 saturated carbocycles. The monoisotopic (exact) mass is 448 g/mol. The summed E-state index contributed by atoms with van der Waals surface area (Å²) in [6.45, 7) is 1.35. The average molecular weight is 449 g/mol. The zero-order valence-electron chi connectivity index (χ0n) is 16.4. The number of thioether (sulfide) groups is 1. The van der Waals surface area contributed by atoms with Gasteiger partial charge in [-0.3, -0.25) is 4.79 Å². The molecule has 1 aliphatic rings. The van der Waals surface area contributed by atoms with Crippen LogP contribution in [0.1, 0.15) is 25.7 Å². The van der Waals surface area contributed by atoms with Gasteiger partial charge in [-0.25, -0.2) is 13.8 Å². The molecule has 2 aromatic carbocycles. The van der Waals surface area contributed by atoms with Crippen molar-refractivity contribution in [3.05, 3.63) is 54.1 Å². The maximum absolute atomic E-state index is 13.3. The number of fused-ring (bicyclic) bond motifs is 1. The smallest absolute Gasteiger partial charge is 0.274 e. The topological polar surface area (TPSA) is 42.4 Å². The molecule has 1 saturated heterocycles. The van der Waals surface area contributed by atoms with Crippen LogP contribution in [0.3, 0.4) is 0 Å². The third-order valence-corrected chi connectivity index (χ3v) is 7.02. The molecular formula is C22H22F2N2O2S2. The fourth-order valence-corrected chi connectivity index (χ4v) is 5.15. The van der Waals surface area contributed by atoms with Gasteiger partial charge in [-0.05, 0) is 54.6 Å². The van der Waals surface area contributed by atoms with E-state index >= 15 is 0 Å². The highest BCUT2D eigenvalue weighted by Gasteiger charge is 2.24. The summed E-state index contributed by atoms with van der Waals surface area (Å²) in [6, 6.07) is 10.9. The number of piperidine rings is 1. The second-order valence-corrected chi connectivity index (χ2v) is 9.36. The molecule has 30 heavy (non-hydrogen) atoms. The van der Waals surface area contributed by atoms with E-state index in [1.54, 1.807) is 30.0 Å². The van der Waals surface area contributed by atoms with Gasteiger partial charge in [0.15, 0.2) is 0 Å². The molecule has 3 aromatic rings. The van der Waals surface area contributed by atoms with Gasteiger partial charge >= 0.3 is 0 Å². The number of nitrogens with zero attached hydrogens (tertiary/aromatic N) is 2. The number of thiazole rings is 1. The minimum absolute atomic E-state index is 0.0218. The lowest BCUT2D eigenvalue weighted by atomic mass is 10.1. The van der Waals surface area contributed by atoms with Gasteiger partial charge in [0.25, 0.3) is 5.19 Å². The van der Waals surface area contributed by atoms with E-state index in [2.05, 4.69) is 4.98 Å². The lowest BCUT2D eigenvalue weighted by Gasteiger charge is -2.31. The number of likely N-dealkylation sites (tertiary alicyclic amines) is 1. The molecule has 1 amide bonds. The molecule has 4 rings (SSSR count). The molecular weight excluding hydrogens is 426 g/mol. The zero-order valence-corrected chi connectivity index (χ0v) is 18.0. The largest absolute Gasteiger partial charge is 0.467 e. The van der Waals surface area contributed by atoms with Crippen molar-refractivity contribution < 1.29 is 18.3 Å². The molecule has 0 radical (unpaired) electrons. The lowest BCUT2D eigenvalue weighted by Crippen LogP contribution is -2.41. The summed E-state index contributed by atoms with van der Waals surface area (Å²) in [5.74, 6) is 0.484. The Morgan fingerprint density at radius 2 is 1.87 bits per heavy atom. The second-order valence-electron chi connectivity index (χ2n) is 7.20. The van der Waals surface area contributed by atoms with Crippen LogP contribution < -0.4 is 4.74 Å². The Balaban J connectivity index is 1.18. The van der Waals surface area contributed by atoms with Crippen molar-refractivity contribution >= 4 is 39.2 Å². The minimum atomic E-state index is -0.277. The first-order valence-corrected chi connectivity index (χ1v) is 11.8. The summed E-state index contributed by atoms with van der Waals surface area (Å²) in [5, 5.41) is 0.554. The van der Waals surface area contributed by atoms with Crippen molar-refractivity contribution in [2.24, 2.45) is 0 Å². The van der Waals surface area contributed by atoms with E-state index in [0.717, 1.165) is 40.1 Å². The average Bonchev–Trinajstić information content (AvgIpc) is 3.14. The highest BCUT2D eigenvalue weighted by molar-refractivity contribution is 7.99. The number of hydrogen-bond donors (Lipinski definition) is 0. The van der Waals surface area contributed by atoms with Gasteiger partial charge in [0, 0.05) is 37.2 Å². The van der Waals surface area contributed by atoms with Crippen LogP contribution >= 0.6 is 23.1 Å². The predicted octanol–water partition coefficient (Wildman–Crippen LogP) is 5.52. The molecule has 8 heteroatoms. The molecule has 1 fully saturated rings. The lowest BCUT2D eigenvalue weighted by molar-refractivity contribution is -0.133. The maximum atomic E-state index is 13.3. The van der Waals surface area contributed by atoms with E-state index in [9.17, 15) is 13.6 Å². The fourth-order valence-electron chi connectivity index (χ4n) is 3.40. The van der Waals surface area contributed by atoms with Crippen molar-refractivity contribution in [3.63, 3.8) is 0 Å². The van der Waals surface area contributed by atoms with Gasteiger partial charge in [-0.15, -0.1) is 11.8 Å². The summed E-state index contributed by atoms with van der Waals surface area (Å²) in [4.78, 5) is 19.8. The Hall–Kier alpha value is -2.19. The molecule has 0 spiro atoms. The van der Waals surface area contributed by atoms with E-state index < -0.39 is 0 Å². The third-order valence-electron chi connectivity index (χ3n) is 5.01. The number of ether oxygens (including phenoxy) is 1. The Labute approximate surface area is 182 Å². The molecule has 4 nitrogen and oxygen atoms in total. The first-order valence-electron chi connectivity index (χ1n) is 9.96. The quantitative estimate of drug-likeness (QED) is 0.353. The zero-order chi connectivity index (χ0) is 20.9. The minimum Gasteiger partial charge on any atom is -0.467 e. The van der Waals surface area contributed by atoms with E-state index in [1.807, 2.05) is 4.90 Å².